The number of benzene rings is 1. The van der Waals surface area contributed by atoms with Gasteiger partial charge >= 0.3 is 6.18 Å². The minimum Gasteiger partial charge on any atom is -0.437 e. The van der Waals surface area contributed by atoms with Gasteiger partial charge in [0.1, 0.15) is 11.3 Å². The molecule has 3 aromatic rings. The van der Waals surface area contributed by atoms with E-state index in [4.69, 9.17) is 27.9 Å². The van der Waals surface area contributed by atoms with E-state index in [9.17, 15) is 18.0 Å². The normalized spacial score (nSPS) is 11.2. The van der Waals surface area contributed by atoms with Gasteiger partial charge in [-0.3, -0.25) is 4.79 Å². The Morgan fingerprint density at radius 2 is 1.86 bits per heavy atom. The number of carbonyl (C=O) groups excluding carboxylic acids is 1. The van der Waals surface area contributed by atoms with Crippen LogP contribution >= 0.6 is 23.2 Å². The number of hydrogen-bond acceptors (Lipinski definition) is 5. The molecule has 1 N–H and O–H groups in total. The number of rotatable bonds is 4. The SMILES string of the molecule is O=C(Nc1ccnnc1)c1cc(C(F)(F)F)cnc1Oc1ccc(Cl)cc1Cl. The third-order valence-electron chi connectivity index (χ3n) is 3.37. The number of anilines is 1. The number of carbonyl (C=O) groups is 1. The van der Waals surface area contributed by atoms with Gasteiger partial charge in [-0.15, -0.1) is 0 Å². The van der Waals surface area contributed by atoms with Gasteiger partial charge < -0.3 is 10.1 Å². The summed E-state index contributed by atoms with van der Waals surface area (Å²) in [5.74, 6) is -1.18. The summed E-state index contributed by atoms with van der Waals surface area (Å²) in [6.07, 6.45) is -1.60. The number of hydrogen-bond donors (Lipinski definition) is 1. The summed E-state index contributed by atoms with van der Waals surface area (Å²) < 4.78 is 44.6. The Morgan fingerprint density at radius 1 is 1.07 bits per heavy atom. The monoisotopic (exact) mass is 428 g/mol. The zero-order valence-corrected chi connectivity index (χ0v) is 15.2. The zero-order valence-electron chi connectivity index (χ0n) is 13.7. The van der Waals surface area contributed by atoms with Gasteiger partial charge in [0.15, 0.2) is 0 Å². The molecule has 2 aromatic heterocycles. The Kier molecular flexibility index (Phi) is 5.66. The van der Waals surface area contributed by atoms with Crippen molar-refractivity contribution in [2.75, 3.05) is 5.32 Å². The lowest BCUT2D eigenvalue weighted by atomic mass is 10.1. The lowest BCUT2D eigenvalue weighted by Gasteiger charge is -2.14. The maximum absolute atomic E-state index is 13.1. The number of alkyl halides is 3. The van der Waals surface area contributed by atoms with Gasteiger partial charge in [-0.25, -0.2) is 4.98 Å². The van der Waals surface area contributed by atoms with Crippen molar-refractivity contribution in [2.45, 2.75) is 6.18 Å². The molecule has 0 saturated carbocycles. The molecule has 144 valence electrons. The number of halogens is 5. The maximum atomic E-state index is 13.1. The van der Waals surface area contributed by atoms with Crippen LogP contribution in [-0.2, 0) is 6.18 Å². The van der Waals surface area contributed by atoms with Crippen LogP contribution in [-0.4, -0.2) is 21.1 Å². The van der Waals surface area contributed by atoms with Crippen LogP contribution in [0.4, 0.5) is 18.9 Å². The van der Waals surface area contributed by atoms with Crippen molar-refractivity contribution in [1.82, 2.24) is 15.2 Å². The van der Waals surface area contributed by atoms with Crippen LogP contribution in [0.5, 0.6) is 11.6 Å². The first-order valence-corrected chi connectivity index (χ1v) is 8.28. The van der Waals surface area contributed by atoms with Gasteiger partial charge in [-0.1, -0.05) is 23.2 Å². The zero-order chi connectivity index (χ0) is 20.3. The first-order chi connectivity index (χ1) is 13.2. The lowest BCUT2D eigenvalue weighted by molar-refractivity contribution is -0.137. The number of pyridine rings is 1. The molecule has 0 atom stereocenters. The Bertz CT molecular complexity index is 1020. The van der Waals surface area contributed by atoms with Crippen LogP contribution in [0, 0.1) is 0 Å². The number of nitrogens with one attached hydrogen (secondary N) is 1. The first-order valence-electron chi connectivity index (χ1n) is 7.52. The molecule has 0 bridgehead atoms. The lowest BCUT2D eigenvalue weighted by Crippen LogP contribution is -2.16. The van der Waals surface area contributed by atoms with E-state index in [0.29, 0.717) is 17.3 Å². The Hall–Kier alpha value is -2.91. The van der Waals surface area contributed by atoms with E-state index in [1.165, 1.54) is 36.7 Å². The molecular formula is C17H9Cl2F3N4O2. The highest BCUT2D eigenvalue weighted by molar-refractivity contribution is 6.35. The molecule has 0 aliphatic carbocycles. The topological polar surface area (TPSA) is 77.0 Å². The molecule has 1 amide bonds. The van der Waals surface area contributed by atoms with Gasteiger partial charge in [0.05, 0.1) is 28.7 Å². The summed E-state index contributed by atoms with van der Waals surface area (Å²) >= 11 is 11.8. The van der Waals surface area contributed by atoms with E-state index in [-0.39, 0.29) is 22.3 Å². The molecule has 28 heavy (non-hydrogen) atoms. The molecule has 0 saturated heterocycles. The van der Waals surface area contributed by atoms with Crippen LogP contribution in [0.3, 0.4) is 0 Å². The Morgan fingerprint density at radius 3 is 2.50 bits per heavy atom. The second-order valence-electron chi connectivity index (χ2n) is 5.34. The molecule has 2 heterocycles. The van der Waals surface area contributed by atoms with Crippen LogP contribution in [0.1, 0.15) is 15.9 Å². The predicted octanol–water partition coefficient (Wildman–Crippen LogP) is 5.24. The number of nitrogens with zero attached hydrogens (tertiary/aromatic N) is 3. The number of ether oxygens (including phenoxy) is 1. The molecule has 3 rings (SSSR count). The molecule has 0 fully saturated rings. The van der Waals surface area contributed by atoms with E-state index < -0.39 is 23.2 Å². The average molecular weight is 429 g/mol. The van der Waals surface area contributed by atoms with Crippen molar-refractivity contribution in [3.05, 3.63) is 70.1 Å². The highest BCUT2D eigenvalue weighted by Gasteiger charge is 2.33. The van der Waals surface area contributed by atoms with Gasteiger partial charge in [-0.05, 0) is 30.3 Å². The highest BCUT2D eigenvalue weighted by atomic mass is 35.5. The molecular weight excluding hydrogens is 420 g/mol. The van der Waals surface area contributed by atoms with Crippen molar-refractivity contribution >= 4 is 34.8 Å². The van der Waals surface area contributed by atoms with E-state index in [2.05, 4.69) is 20.5 Å². The Labute approximate surface area is 166 Å². The fraction of sp³-hybridized carbons (Fsp3) is 0.0588. The van der Waals surface area contributed by atoms with Gasteiger partial charge in [-0.2, -0.15) is 23.4 Å². The van der Waals surface area contributed by atoms with Crippen LogP contribution < -0.4 is 10.1 Å². The molecule has 0 unspecified atom stereocenters. The third kappa shape index (κ3) is 4.68. The van der Waals surface area contributed by atoms with Gasteiger partial charge in [0.2, 0.25) is 5.88 Å². The first kappa shape index (κ1) is 19.8. The standard InChI is InChI=1S/C17H9Cl2F3N4O2/c18-10-1-2-14(13(19)6-10)28-16-12(5-9(7-23-16)17(20,21)22)15(27)26-11-3-4-24-25-8-11/h1-8H,(H,24,26,27). The van der Waals surface area contributed by atoms with E-state index in [1.807, 2.05) is 0 Å². The predicted molar refractivity (Wildman–Crippen MR) is 95.8 cm³/mol. The summed E-state index contributed by atoms with van der Waals surface area (Å²) in [4.78, 5) is 16.2. The fourth-order valence-corrected chi connectivity index (χ4v) is 2.52. The van der Waals surface area contributed by atoms with Crippen molar-refractivity contribution in [1.29, 1.82) is 0 Å². The number of amides is 1. The minimum absolute atomic E-state index is 0.0675. The molecule has 0 aliphatic rings. The summed E-state index contributed by atoms with van der Waals surface area (Å²) in [6.45, 7) is 0. The minimum atomic E-state index is -4.70. The van der Waals surface area contributed by atoms with Gasteiger partial charge in [0.25, 0.3) is 5.91 Å². The van der Waals surface area contributed by atoms with Crippen molar-refractivity contribution in [3.63, 3.8) is 0 Å². The molecule has 1 aromatic carbocycles. The molecule has 0 spiro atoms. The van der Waals surface area contributed by atoms with Gasteiger partial charge in [0, 0.05) is 11.2 Å². The highest BCUT2D eigenvalue weighted by Crippen LogP contribution is 2.35. The summed E-state index contributed by atoms with van der Waals surface area (Å²) in [6, 6.07) is 6.30. The van der Waals surface area contributed by atoms with E-state index in [0.717, 1.165) is 0 Å². The van der Waals surface area contributed by atoms with Crippen molar-refractivity contribution in [2.24, 2.45) is 0 Å². The van der Waals surface area contributed by atoms with Crippen molar-refractivity contribution < 1.29 is 22.7 Å². The van der Waals surface area contributed by atoms with Crippen LogP contribution in [0.25, 0.3) is 0 Å². The summed E-state index contributed by atoms with van der Waals surface area (Å²) in [5, 5.41) is 9.96. The second kappa shape index (κ2) is 7.99. The van der Waals surface area contributed by atoms with Crippen LogP contribution in [0.15, 0.2) is 48.9 Å². The fourth-order valence-electron chi connectivity index (χ4n) is 2.08. The summed E-state index contributed by atoms with van der Waals surface area (Å²) in [7, 11) is 0. The largest absolute Gasteiger partial charge is 0.437 e. The molecule has 0 radical (unpaired) electrons. The summed E-state index contributed by atoms with van der Waals surface area (Å²) in [5.41, 5.74) is -1.33. The number of aromatic nitrogens is 3. The third-order valence-corrected chi connectivity index (χ3v) is 3.90. The second-order valence-corrected chi connectivity index (χ2v) is 6.18. The molecule has 6 nitrogen and oxygen atoms in total. The van der Waals surface area contributed by atoms with E-state index >= 15 is 0 Å². The molecule has 0 aliphatic heterocycles. The van der Waals surface area contributed by atoms with Crippen molar-refractivity contribution in [3.8, 4) is 11.6 Å². The van der Waals surface area contributed by atoms with Crippen LogP contribution in [0.2, 0.25) is 10.0 Å². The van der Waals surface area contributed by atoms with E-state index in [1.54, 1.807) is 0 Å². The quantitative estimate of drug-likeness (QED) is 0.614. The average Bonchev–Trinajstić information content (AvgIpc) is 2.64. The molecule has 11 heteroatoms. The Balaban J connectivity index is 2.00. The maximum Gasteiger partial charge on any atom is 0.417 e. The smallest absolute Gasteiger partial charge is 0.417 e.